The number of amides is 2. The summed E-state index contributed by atoms with van der Waals surface area (Å²) in [6, 6.07) is 12.1. The Labute approximate surface area is 171 Å². The fourth-order valence-corrected chi connectivity index (χ4v) is 3.79. The summed E-state index contributed by atoms with van der Waals surface area (Å²) in [5.41, 5.74) is 3.07. The zero-order valence-electron chi connectivity index (χ0n) is 16.7. The molecule has 7 nitrogen and oxygen atoms in total. The Morgan fingerprint density at radius 1 is 1.00 bits per heavy atom. The van der Waals surface area contributed by atoms with Crippen molar-refractivity contribution in [1.82, 2.24) is 0 Å². The van der Waals surface area contributed by atoms with Crippen LogP contribution in [0.15, 0.2) is 48.5 Å². The number of carbonyl (C=O) groups is 2. The molecule has 0 spiro atoms. The zero-order chi connectivity index (χ0) is 21.4. The highest BCUT2D eigenvalue weighted by atomic mass is 32.2. The molecule has 2 amide bonds. The molecule has 0 saturated heterocycles. The topological polar surface area (TPSA) is 104 Å². The Hall–Kier alpha value is -3.13. The van der Waals surface area contributed by atoms with Gasteiger partial charge in [0.15, 0.2) is 0 Å². The van der Waals surface area contributed by atoms with Crippen LogP contribution in [0.3, 0.4) is 0 Å². The average molecular weight is 416 g/mol. The molecule has 8 heteroatoms. The van der Waals surface area contributed by atoms with Crippen molar-refractivity contribution in [2.75, 3.05) is 21.1 Å². The Kier molecular flexibility index (Phi) is 7.55. The third-order valence-corrected chi connectivity index (χ3v) is 5.46. The van der Waals surface area contributed by atoms with Crippen molar-refractivity contribution in [2.45, 2.75) is 27.2 Å². The standard InChI is InChI=1S/C21H25N3O4S/c1-4-14-29(27,28)24-20-7-5-6-19(15(20)2)23-21(26)13-10-17-8-11-18(12-9-17)22-16(3)25/h5-13,24H,4,14H2,1-3H3,(H,22,25)(H,23,26)/b13-10+. The summed E-state index contributed by atoms with van der Waals surface area (Å²) < 4.78 is 26.5. The molecule has 0 aliphatic rings. The number of nitrogens with one attached hydrogen (secondary N) is 3. The molecule has 0 aliphatic heterocycles. The predicted octanol–water partition coefficient (Wildman–Crippen LogP) is 3.76. The molecule has 0 radical (unpaired) electrons. The summed E-state index contributed by atoms with van der Waals surface area (Å²) in [4.78, 5) is 23.3. The first kappa shape index (κ1) is 22.2. The summed E-state index contributed by atoms with van der Waals surface area (Å²) >= 11 is 0. The van der Waals surface area contributed by atoms with Gasteiger partial charge in [-0.05, 0) is 54.8 Å². The maximum Gasteiger partial charge on any atom is 0.248 e. The van der Waals surface area contributed by atoms with Crippen molar-refractivity contribution in [3.63, 3.8) is 0 Å². The van der Waals surface area contributed by atoms with E-state index in [4.69, 9.17) is 0 Å². The predicted molar refractivity (Wildman–Crippen MR) is 117 cm³/mol. The first-order valence-electron chi connectivity index (χ1n) is 9.17. The van der Waals surface area contributed by atoms with Gasteiger partial charge in [0.2, 0.25) is 21.8 Å². The number of anilines is 3. The van der Waals surface area contributed by atoms with E-state index >= 15 is 0 Å². The minimum absolute atomic E-state index is 0.0342. The van der Waals surface area contributed by atoms with Gasteiger partial charge in [-0.2, -0.15) is 0 Å². The molecular weight excluding hydrogens is 390 g/mol. The monoisotopic (exact) mass is 415 g/mol. The lowest BCUT2D eigenvalue weighted by Gasteiger charge is -2.13. The molecule has 2 aromatic carbocycles. The minimum Gasteiger partial charge on any atom is -0.326 e. The smallest absolute Gasteiger partial charge is 0.248 e. The summed E-state index contributed by atoms with van der Waals surface area (Å²) in [6.07, 6.45) is 3.55. The van der Waals surface area contributed by atoms with Crippen LogP contribution in [0, 0.1) is 6.92 Å². The Morgan fingerprint density at radius 2 is 1.66 bits per heavy atom. The number of rotatable bonds is 8. The minimum atomic E-state index is -3.41. The lowest BCUT2D eigenvalue weighted by Crippen LogP contribution is -2.17. The molecular formula is C21H25N3O4S. The Balaban J connectivity index is 2.06. The van der Waals surface area contributed by atoms with Gasteiger partial charge in [0.05, 0.1) is 11.4 Å². The second kappa shape index (κ2) is 9.88. The lowest BCUT2D eigenvalue weighted by molar-refractivity contribution is -0.114. The Morgan fingerprint density at radius 3 is 2.28 bits per heavy atom. The van der Waals surface area contributed by atoms with Crippen LogP contribution in [-0.2, 0) is 19.6 Å². The van der Waals surface area contributed by atoms with Crippen molar-refractivity contribution in [2.24, 2.45) is 0 Å². The van der Waals surface area contributed by atoms with Crippen LogP contribution >= 0.6 is 0 Å². The Bertz CT molecular complexity index is 1010. The molecule has 0 atom stereocenters. The number of carbonyl (C=O) groups excluding carboxylic acids is 2. The van der Waals surface area contributed by atoms with Crippen LogP contribution in [0.2, 0.25) is 0 Å². The van der Waals surface area contributed by atoms with E-state index in [9.17, 15) is 18.0 Å². The highest BCUT2D eigenvalue weighted by molar-refractivity contribution is 7.92. The second-order valence-electron chi connectivity index (χ2n) is 6.52. The van der Waals surface area contributed by atoms with Gasteiger partial charge in [0, 0.05) is 24.4 Å². The summed E-state index contributed by atoms with van der Waals surface area (Å²) in [6.45, 7) is 4.97. The number of benzene rings is 2. The molecule has 2 rings (SSSR count). The molecule has 154 valence electrons. The van der Waals surface area contributed by atoms with Gasteiger partial charge in [-0.15, -0.1) is 0 Å². The number of hydrogen-bond acceptors (Lipinski definition) is 4. The van der Waals surface area contributed by atoms with E-state index in [1.807, 2.05) is 0 Å². The van der Waals surface area contributed by atoms with Gasteiger partial charge >= 0.3 is 0 Å². The second-order valence-corrected chi connectivity index (χ2v) is 8.37. The van der Waals surface area contributed by atoms with E-state index in [-0.39, 0.29) is 17.6 Å². The van der Waals surface area contributed by atoms with Crippen LogP contribution < -0.4 is 15.4 Å². The fourth-order valence-electron chi connectivity index (χ4n) is 2.60. The number of sulfonamides is 1. The quantitative estimate of drug-likeness (QED) is 0.571. The average Bonchev–Trinajstić information content (AvgIpc) is 2.64. The van der Waals surface area contributed by atoms with E-state index in [1.165, 1.54) is 13.0 Å². The van der Waals surface area contributed by atoms with Gasteiger partial charge in [-0.1, -0.05) is 25.1 Å². The van der Waals surface area contributed by atoms with Crippen LogP contribution in [-0.4, -0.2) is 26.0 Å². The third-order valence-electron chi connectivity index (χ3n) is 3.99. The van der Waals surface area contributed by atoms with Gasteiger partial charge < -0.3 is 10.6 Å². The number of hydrogen-bond donors (Lipinski definition) is 3. The first-order valence-corrected chi connectivity index (χ1v) is 10.8. The normalized spacial score (nSPS) is 11.3. The van der Waals surface area contributed by atoms with Crippen molar-refractivity contribution in [3.8, 4) is 0 Å². The SMILES string of the molecule is CCCS(=O)(=O)Nc1cccc(NC(=O)/C=C/c2ccc(NC(C)=O)cc2)c1C. The lowest BCUT2D eigenvalue weighted by atomic mass is 10.1. The fraction of sp³-hybridized carbons (Fsp3) is 0.238. The first-order chi connectivity index (χ1) is 13.7. The maximum absolute atomic E-state index is 12.3. The zero-order valence-corrected chi connectivity index (χ0v) is 17.5. The van der Waals surface area contributed by atoms with E-state index in [0.29, 0.717) is 29.0 Å². The third kappa shape index (κ3) is 7.08. The molecule has 3 N–H and O–H groups in total. The highest BCUT2D eigenvalue weighted by Crippen LogP contribution is 2.24. The molecule has 29 heavy (non-hydrogen) atoms. The van der Waals surface area contributed by atoms with Crippen LogP contribution in [0.4, 0.5) is 17.1 Å². The van der Waals surface area contributed by atoms with E-state index in [0.717, 1.165) is 5.56 Å². The highest BCUT2D eigenvalue weighted by Gasteiger charge is 2.12. The van der Waals surface area contributed by atoms with Crippen LogP contribution in [0.25, 0.3) is 6.08 Å². The van der Waals surface area contributed by atoms with Crippen molar-refractivity contribution < 1.29 is 18.0 Å². The molecule has 0 fully saturated rings. The van der Waals surface area contributed by atoms with Crippen molar-refractivity contribution in [1.29, 1.82) is 0 Å². The molecule has 0 heterocycles. The molecule has 2 aromatic rings. The summed E-state index contributed by atoms with van der Waals surface area (Å²) in [5.74, 6) is -0.457. The molecule has 0 aliphatic carbocycles. The maximum atomic E-state index is 12.3. The van der Waals surface area contributed by atoms with Gasteiger partial charge in [-0.3, -0.25) is 14.3 Å². The summed E-state index contributed by atoms with van der Waals surface area (Å²) in [7, 11) is -3.41. The largest absolute Gasteiger partial charge is 0.326 e. The molecule has 0 aromatic heterocycles. The van der Waals surface area contributed by atoms with Crippen LogP contribution in [0.5, 0.6) is 0 Å². The summed E-state index contributed by atoms with van der Waals surface area (Å²) in [5, 5.41) is 5.43. The van der Waals surface area contributed by atoms with Gasteiger partial charge in [0.1, 0.15) is 0 Å². The molecule has 0 unspecified atom stereocenters. The van der Waals surface area contributed by atoms with Crippen LogP contribution in [0.1, 0.15) is 31.4 Å². The molecule has 0 saturated carbocycles. The van der Waals surface area contributed by atoms with E-state index < -0.39 is 10.0 Å². The van der Waals surface area contributed by atoms with Crippen molar-refractivity contribution >= 4 is 45.0 Å². The van der Waals surface area contributed by atoms with Gasteiger partial charge in [0.25, 0.3) is 0 Å². The van der Waals surface area contributed by atoms with E-state index in [2.05, 4.69) is 15.4 Å². The van der Waals surface area contributed by atoms with Gasteiger partial charge in [-0.25, -0.2) is 8.42 Å². The van der Waals surface area contributed by atoms with Crippen molar-refractivity contribution in [3.05, 3.63) is 59.7 Å². The molecule has 0 bridgehead atoms. The van der Waals surface area contributed by atoms with E-state index in [1.54, 1.807) is 62.4 Å².